The summed E-state index contributed by atoms with van der Waals surface area (Å²) in [4.78, 5) is 0. The van der Waals surface area contributed by atoms with Crippen molar-refractivity contribution in [1.29, 1.82) is 0 Å². The third kappa shape index (κ3) is 3.10. The van der Waals surface area contributed by atoms with Crippen LogP contribution < -0.4 is 0 Å². The molecule has 92 valence electrons. The minimum atomic E-state index is -0.0784. The van der Waals surface area contributed by atoms with Gasteiger partial charge in [0.15, 0.2) is 0 Å². The Labute approximate surface area is 107 Å². The van der Waals surface area contributed by atoms with Gasteiger partial charge in [-0.25, -0.2) is 4.39 Å². The fraction of sp³-hybridized carbons (Fsp3) is 0.467. The Morgan fingerprint density at radius 2 is 1.94 bits per heavy atom. The normalized spacial score (nSPS) is 25.4. The average Bonchev–Trinajstić information content (AvgIpc) is 2.34. The Kier molecular flexibility index (Phi) is 4.22. The van der Waals surface area contributed by atoms with E-state index in [4.69, 9.17) is 11.6 Å². The van der Waals surface area contributed by atoms with Gasteiger partial charge in [-0.1, -0.05) is 29.8 Å². The molecule has 1 aliphatic carbocycles. The Morgan fingerprint density at radius 1 is 1.24 bits per heavy atom. The van der Waals surface area contributed by atoms with Crippen LogP contribution in [0.2, 0.25) is 0 Å². The lowest BCUT2D eigenvalue weighted by molar-refractivity contribution is 0.375. The zero-order valence-corrected chi connectivity index (χ0v) is 10.9. The van der Waals surface area contributed by atoms with Gasteiger partial charge in [0.05, 0.1) is 0 Å². The summed E-state index contributed by atoms with van der Waals surface area (Å²) in [6, 6.07) is 5.66. The summed E-state index contributed by atoms with van der Waals surface area (Å²) in [6.07, 6.45) is 6.66. The van der Waals surface area contributed by atoms with Gasteiger partial charge in [-0.15, -0.1) is 0 Å². The van der Waals surface area contributed by atoms with Gasteiger partial charge in [0.25, 0.3) is 0 Å². The second kappa shape index (κ2) is 5.68. The Morgan fingerprint density at radius 3 is 2.53 bits per heavy atom. The number of halogens is 2. The SMILES string of the molecule is Cc1ccc(C2CCC(/C=C/Cl)CC2)cc1F. The van der Waals surface area contributed by atoms with Crippen LogP contribution in [0.5, 0.6) is 0 Å². The molecule has 0 bridgehead atoms. The first-order valence-electron chi connectivity index (χ1n) is 6.23. The maximum Gasteiger partial charge on any atom is 0.126 e. The molecule has 0 aliphatic heterocycles. The maximum atomic E-state index is 13.5. The van der Waals surface area contributed by atoms with Crippen molar-refractivity contribution >= 4 is 11.6 Å². The van der Waals surface area contributed by atoms with E-state index in [1.54, 1.807) is 18.5 Å². The molecule has 0 heterocycles. The van der Waals surface area contributed by atoms with Gasteiger partial charge in [-0.3, -0.25) is 0 Å². The highest BCUT2D eigenvalue weighted by Crippen LogP contribution is 2.36. The molecule has 17 heavy (non-hydrogen) atoms. The highest BCUT2D eigenvalue weighted by molar-refractivity contribution is 6.25. The molecule has 0 radical (unpaired) electrons. The fourth-order valence-corrected chi connectivity index (χ4v) is 2.82. The summed E-state index contributed by atoms with van der Waals surface area (Å²) < 4.78 is 13.5. The molecule has 1 aliphatic rings. The molecule has 2 heteroatoms. The minimum absolute atomic E-state index is 0.0784. The van der Waals surface area contributed by atoms with E-state index in [0.29, 0.717) is 11.8 Å². The van der Waals surface area contributed by atoms with Gasteiger partial charge in [-0.05, 0) is 61.6 Å². The van der Waals surface area contributed by atoms with Crippen LogP contribution in [0.25, 0.3) is 0 Å². The van der Waals surface area contributed by atoms with E-state index in [-0.39, 0.29) is 5.82 Å². The van der Waals surface area contributed by atoms with E-state index in [2.05, 4.69) is 12.1 Å². The molecular weight excluding hydrogens is 235 g/mol. The molecule has 1 fully saturated rings. The first-order valence-corrected chi connectivity index (χ1v) is 6.67. The highest BCUT2D eigenvalue weighted by Gasteiger charge is 2.21. The molecule has 0 atom stereocenters. The zero-order valence-electron chi connectivity index (χ0n) is 10.1. The molecule has 0 N–H and O–H groups in total. The Hall–Kier alpha value is -0.820. The van der Waals surface area contributed by atoms with Crippen LogP contribution in [0.4, 0.5) is 4.39 Å². The largest absolute Gasteiger partial charge is 0.207 e. The molecule has 1 aromatic carbocycles. The van der Waals surface area contributed by atoms with Crippen molar-refractivity contribution in [3.05, 3.63) is 46.8 Å². The Bertz CT molecular complexity index is 403. The molecule has 0 nitrogen and oxygen atoms in total. The lowest BCUT2D eigenvalue weighted by Gasteiger charge is -2.27. The van der Waals surface area contributed by atoms with Crippen LogP contribution in [0.3, 0.4) is 0 Å². The molecular formula is C15H18ClF. The van der Waals surface area contributed by atoms with E-state index >= 15 is 0 Å². The smallest absolute Gasteiger partial charge is 0.126 e. The van der Waals surface area contributed by atoms with Crippen LogP contribution in [0.15, 0.2) is 29.8 Å². The lowest BCUT2D eigenvalue weighted by atomic mass is 9.78. The molecule has 0 amide bonds. The summed E-state index contributed by atoms with van der Waals surface area (Å²) in [6.45, 7) is 1.81. The molecule has 2 rings (SSSR count). The van der Waals surface area contributed by atoms with Crippen LogP contribution in [-0.2, 0) is 0 Å². The monoisotopic (exact) mass is 252 g/mol. The van der Waals surface area contributed by atoms with Gasteiger partial charge >= 0.3 is 0 Å². The van der Waals surface area contributed by atoms with Gasteiger partial charge in [0.1, 0.15) is 5.82 Å². The summed E-state index contributed by atoms with van der Waals surface area (Å²) in [7, 11) is 0. The van der Waals surface area contributed by atoms with Crippen molar-refractivity contribution in [3.8, 4) is 0 Å². The molecule has 0 unspecified atom stereocenters. The average molecular weight is 253 g/mol. The van der Waals surface area contributed by atoms with Crippen molar-refractivity contribution in [2.75, 3.05) is 0 Å². The van der Waals surface area contributed by atoms with E-state index in [1.165, 1.54) is 0 Å². The topological polar surface area (TPSA) is 0 Å². The van der Waals surface area contributed by atoms with E-state index in [1.807, 2.05) is 6.07 Å². The third-order valence-electron chi connectivity index (χ3n) is 3.78. The van der Waals surface area contributed by atoms with Gasteiger partial charge < -0.3 is 0 Å². The molecule has 0 spiro atoms. The Balaban J connectivity index is 2.02. The molecule has 0 saturated heterocycles. The van der Waals surface area contributed by atoms with Gasteiger partial charge in [-0.2, -0.15) is 0 Å². The van der Waals surface area contributed by atoms with Crippen molar-refractivity contribution in [1.82, 2.24) is 0 Å². The quantitative estimate of drug-likeness (QED) is 0.682. The van der Waals surface area contributed by atoms with Crippen molar-refractivity contribution in [2.24, 2.45) is 5.92 Å². The van der Waals surface area contributed by atoms with Crippen LogP contribution in [0, 0.1) is 18.7 Å². The van der Waals surface area contributed by atoms with Crippen molar-refractivity contribution < 1.29 is 4.39 Å². The first kappa shape index (κ1) is 12.6. The van der Waals surface area contributed by atoms with Gasteiger partial charge in [0.2, 0.25) is 0 Å². The minimum Gasteiger partial charge on any atom is -0.207 e. The highest BCUT2D eigenvalue weighted by atomic mass is 35.5. The third-order valence-corrected chi connectivity index (χ3v) is 3.93. The molecule has 0 aromatic heterocycles. The molecule has 1 saturated carbocycles. The lowest BCUT2D eigenvalue weighted by Crippen LogP contribution is -2.11. The summed E-state index contributed by atoms with van der Waals surface area (Å²) in [5.74, 6) is 1.05. The predicted molar refractivity (Wildman–Crippen MR) is 70.8 cm³/mol. The number of hydrogen-bond donors (Lipinski definition) is 0. The number of rotatable bonds is 2. The van der Waals surface area contributed by atoms with E-state index < -0.39 is 0 Å². The number of aryl methyl sites for hydroxylation is 1. The fourth-order valence-electron chi connectivity index (χ4n) is 2.61. The van der Waals surface area contributed by atoms with Crippen LogP contribution >= 0.6 is 11.6 Å². The standard InChI is InChI=1S/C15H18ClF/c1-11-2-5-14(10-15(11)17)13-6-3-12(4-7-13)8-9-16/h2,5,8-10,12-13H,3-4,6-7H2,1H3/b9-8+. The second-order valence-corrected chi connectivity index (χ2v) is 5.19. The zero-order chi connectivity index (χ0) is 12.3. The van der Waals surface area contributed by atoms with Gasteiger partial charge in [0, 0.05) is 5.54 Å². The molecule has 1 aromatic rings. The number of allylic oxidation sites excluding steroid dienone is 1. The van der Waals surface area contributed by atoms with E-state index in [0.717, 1.165) is 36.8 Å². The predicted octanol–water partition coefficient (Wildman–Crippen LogP) is 5.16. The van der Waals surface area contributed by atoms with Crippen LogP contribution in [-0.4, -0.2) is 0 Å². The maximum absolute atomic E-state index is 13.5. The van der Waals surface area contributed by atoms with Crippen LogP contribution in [0.1, 0.15) is 42.7 Å². The van der Waals surface area contributed by atoms with Crippen molar-refractivity contribution in [3.63, 3.8) is 0 Å². The van der Waals surface area contributed by atoms with Crippen molar-refractivity contribution in [2.45, 2.75) is 38.5 Å². The van der Waals surface area contributed by atoms with E-state index in [9.17, 15) is 4.39 Å². The number of hydrogen-bond acceptors (Lipinski definition) is 0. The summed E-state index contributed by atoms with van der Waals surface area (Å²) >= 11 is 5.60. The second-order valence-electron chi connectivity index (χ2n) is 4.94. The summed E-state index contributed by atoms with van der Waals surface area (Å²) in [5.41, 5.74) is 3.50. The first-order chi connectivity index (χ1) is 8.20. The number of benzene rings is 1. The summed E-state index contributed by atoms with van der Waals surface area (Å²) in [5, 5.41) is 0.